The zero-order valence-corrected chi connectivity index (χ0v) is 22.7. The van der Waals surface area contributed by atoms with Crippen molar-refractivity contribution < 1.29 is 0 Å². The Bertz CT molecular complexity index is 2300. The van der Waals surface area contributed by atoms with E-state index in [4.69, 9.17) is 15.0 Å². The van der Waals surface area contributed by atoms with Crippen LogP contribution in [0.1, 0.15) is 0 Å². The van der Waals surface area contributed by atoms with Gasteiger partial charge in [0.15, 0.2) is 11.6 Å². The molecule has 8 rings (SSSR count). The van der Waals surface area contributed by atoms with E-state index in [0.717, 1.165) is 54.9 Å². The van der Waals surface area contributed by atoms with Crippen molar-refractivity contribution in [3.63, 3.8) is 0 Å². The number of nitrogens with one attached hydrogen (secondary N) is 2. The third-order valence-corrected chi connectivity index (χ3v) is 7.80. The van der Waals surface area contributed by atoms with Crippen LogP contribution in [0.25, 0.3) is 72.2 Å². The Morgan fingerprint density at radius 3 is 1.83 bits per heavy atom. The lowest BCUT2D eigenvalue weighted by Gasteiger charge is -2.13. The third kappa shape index (κ3) is 3.60. The highest BCUT2D eigenvalue weighted by molar-refractivity contribution is 6.24. The van der Waals surface area contributed by atoms with Gasteiger partial charge in [0.2, 0.25) is 5.95 Å². The van der Waals surface area contributed by atoms with E-state index in [9.17, 15) is 4.79 Å². The fraction of sp³-hybridized carbons (Fsp3) is 0.0286. The lowest BCUT2D eigenvalue weighted by atomic mass is 10.0. The van der Waals surface area contributed by atoms with Crippen LogP contribution in [-0.2, 0) is 0 Å². The molecular weight excluding hydrogens is 520 g/mol. The van der Waals surface area contributed by atoms with Crippen LogP contribution in [0.3, 0.4) is 0 Å². The van der Waals surface area contributed by atoms with Gasteiger partial charge in [-0.15, -0.1) is 0 Å². The van der Waals surface area contributed by atoms with Gasteiger partial charge in [-0.2, -0.15) is 9.97 Å². The SMILES string of the molecule is CNc1c2[nH]c(=O)c3ccccc3c2cc2c1c1ccccc1n2-c1nc(-c2ccccc2)nc(-c2ccccc2)n1. The lowest BCUT2D eigenvalue weighted by molar-refractivity contribution is 0.954. The van der Waals surface area contributed by atoms with Gasteiger partial charge in [0.1, 0.15) is 0 Å². The number of pyridine rings is 1. The molecule has 42 heavy (non-hydrogen) atoms. The van der Waals surface area contributed by atoms with Crippen LogP contribution in [0, 0.1) is 0 Å². The summed E-state index contributed by atoms with van der Waals surface area (Å²) >= 11 is 0. The Balaban J connectivity index is 1.54. The Morgan fingerprint density at radius 1 is 0.619 bits per heavy atom. The first-order chi connectivity index (χ1) is 20.7. The summed E-state index contributed by atoms with van der Waals surface area (Å²) < 4.78 is 2.10. The molecule has 200 valence electrons. The maximum absolute atomic E-state index is 13.1. The van der Waals surface area contributed by atoms with Gasteiger partial charge in [0.05, 0.1) is 22.2 Å². The Labute approximate surface area is 240 Å². The third-order valence-electron chi connectivity index (χ3n) is 7.80. The van der Waals surface area contributed by atoms with Crippen molar-refractivity contribution in [2.24, 2.45) is 0 Å². The largest absolute Gasteiger partial charge is 0.386 e. The second kappa shape index (κ2) is 9.38. The normalized spacial score (nSPS) is 11.5. The smallest absolute Gasteiger partial charge is 0.256 e. The first kappa shape index (κ1) is 24.0. The fourth-order valence-corrected chi connectivity index (χ4v) is 5.93. The van der Waals surface area contributed by atoms with Crippen molar-refractivity contribution in [2.45, 2.75) is 0 Å². The molecule has 0 bridgehead atoms. The Kier molecular flexibility index (Phi) is 5.37. The molecule has 7 heteroatoms. The molecule has 0 saturated carbocycles. The number of fused-ring (bicyclic) bond motifs is 6. The molecule has 0 unspecified atom stereocenters. The molecule has 8 aromatic rings. The van der Waals surface area contributed by atoms with Gasteiger partial charge in [0.25, 0.3) is 5.56 Å². The summed E-state index contributed by atoms with van der Waals surface area (Å²) in [6, 6.07) is 38.0. The van der Waals surface area contributed by atoms with Crippen molar-refractivity contribution >= 4 is 49.2 Å². The molecule has 0 aliphatic carbocycles. The van der Waals surface area contributed by atoms with Crippen LogP contribution in [0.4, 0.5) is 5.69 Å². The minimum atomic E-state index is -0.116. The summed E-state index contributed by atoms with van der Waals surface area (Å²) in [4.78, 5) is 31.3. The van der Waals surface area contributed by atoms with Gasteiger partial charge < -0.3 is 10.3 Å². The molecule has 0 spiro atoms. The number of nitrogens with zero attached hydrogens (tertiary/aromatic N) is 4. The van der Waals surface area contributed by atoms with Crippen LogP contribution in [-0.4, -0.2) is 31.6 Å². The molecule has 0 saturated heterocycles. The van der Waals surface area contributed by atoms with E-state index < -0.39 is 0 Å². The summed E-state index contributed by atoms with van der Waals surface area (Å²) in [5.41, 5.74) is 5.19. The van der Waals surface area contributed by atoms with E-state index in [2.05, 4.69) is 33.1 Å². The van der Waals surface area contributed by atoms with E-state index in [0.29, 0.717) is 23.0 Å². The van der Waals surface area contributed by atoms with Gasteiger partial charge in [-0.1, -0.05) is 97.1 Å². The minimum Gasteiger partial charge on any atom is -0.386 e. The van der Waals surface area contributed by atoms with Gasteiger partial charge >= 0.3 is 0 Å². The highest BCUT2D eigenvalue weighted by atomic mass is 16.1. The molecule has 2 N–H and O–H groups in total. The summed E-state index contributed by atoms with van der Waals surface area (Å²) in [7, 11) is 1.89. The Hall–Kier alpha value is -5.82. The number of benzene rings is 5. The van der Waals surface area contributed by atoms with Gasteiger partial charge in [0, 0.05) is 39.7 Å². The fourth-order valence-electron chi connectivity index (χ4n) is 5.93. The summed E-state index contributed by atoms with van der Waals surface area (Å²) in [6.45, 7) is 0. The molecule has 0 aliphatic rings. The van der Waals surface area contributed by atoms with E-state index in [1.54, 1.807) is 0 Å². The number of rotatable bonds is 4. The molecule has 3 heterocycles. The summed E-state index contributed by atoms with van der Waals surface area (Å²) in [6.07, 6.45) is 0. The van der Waals surface area contributed by atoms with Crippen LogP contribution in [0.15, 0.2) is 120 Å². The van der Waals surface area contributed by atoms with Gasteiger partial charge in [-0.25, -0.2) is 4.98 Å². The van der Waals surface area contributed by atoms with Crippen LogP contribution >= 0.6 is 0 Å². The van der Waals surface area contributed by atoms with Crippen LogP contribution < -0.4 is 10.9 Å². The maximum Gasteiger partial charge on any atom is 0.256 e. The Morgan fingerprint density at radius 2 is 1.19 bits per heavy atom. The van der Waals surface area contributed by atoms with Crippen LogP contribution in [0.5, 0.6) is 0 Å². The predicted molar refractivity (Wildman–Crippen MR) is 170 cm³/mol. The van der Waals surface area contributed by atoms with E-state index in [1.807, 2.05) is 104 Å². The molecular formula is C35H24N6O. The monoisotopic (exact) mass is 544 g/mol. The zero-order valence-electron chi connectivity index (χ0n) is 22.7. The van der Waals surface area contributed by atoms with Crippen molar-refractivity contribution in [2.75, 3.05) is 12.4 Å². The number of para-hydroxylation sites is 1. The standard InChI is InChI=1S/C35H24N6O/c1-36-31-29-25-18-10-11-19-27(25)41(28(29)20-26-23-16-8-9-17-24(23)34(42)37-30(26)31)35-39-32(21-12-4-2-5-13-21)38-33(40-35)22-14-6-3-7-15-22/h2-20,36H,1H3,(H,37,42). The molecule has 0 fully saturated rings. The number of anilines is 1. The number of H-pyrrole nitrogens is 1. The molecule has 7 nitrogen and oxygen atoms in total. The summed E-state index contributed by atoms with van der Waals surface area (Å²) in [5, 5.41) is 7.87. The second-order valence-electron chi connectivity index (χ2n) is 10.2. The number of aromatic amines is 1. The van der Waals surface area contributed by atoms with Crippen molar-refractivity contribution in [3.05, 3.63) is 126 Å². The molecule has 3 aromatic heterocycles. The number of hydrogen-bond acceptors (Lipinski definition) is 5. The molecule has 0 aliphatic heterocycles. The highest BCUT2D eigenvalue weighted by Crippen LogP contribution is 2.41. The minimum absolute atomic E-state index is 0.116. The average molecular weight is 545 g/mol. The molecule has 0 amide bonds. The highest BCUT2D eigenvalue weighted by Gasteiger charge is 2.22. The number of aromatic nitrogens is 5. The second-order valence-corrected chi connectivity index (χ2v) is 10.2. The topological polar surface area (TPSA) is 88.5 Å². The zero-order chi connectivity index (χ0) is 28.2. The lowest BCUT2D eigenvalue weighted by Crippen LogP contribution is -2.09. The van der Waals surface area contributed by atoms with E-state index in [-0.39, 0.29) is 5.56 Å². The van der Waals surface area contributed by atoms with Crippen molar-refractivity contribution in [3.8, 4) is 28.7 Å². The molecule has 0 atom stereocenters. The van der Waals surface area contributed by atoms with Gasteiger partial charge in [-0.3, -0.25) is 9.36 Å². The van der Waals surface area contributed by atoms with Crippen molar-refractivity contribution in [1.82, 2.24) is 24.5 Å². The van der Waals surface area contributed by atoms with Crippen molar-refractivity contribution in [1.29, 1.82) is 0 Å². The molecule has 0 radical (unpaired) electrons. The van der Waals surface area contributed by atoms with Crippen LogP contribution in [0.2, 0.25) is 0 Å². The van der Waals surface area contributed by atoms with E-state index in [1.165, 1.54) is 0 Å². The molecule has 5 aromatic carbocycles. The predicted octanol–water partition coefficient (Wildman–Crippen LogP) is 7.34. The quantitative estimate of drug-likeness (QED) is 0.226. The first-order valence-electron chi connectivity index (χ1n) is 13.8. The maximum atomic E-state index is 13.1. The summed E-state index contributed by atoms with van der Waals surface area (Å²) in [5.74, 6) is 1.70. The number of hydrogen-bond donors (Lipinski definition) is 2. The van der Waals surface area contributed by atoms with Gasteiger partial charge in [-0.05, 0) is 23.6 Å². The first-order valence-corrected chi connectivity index (χ1v) is 13.8. The van der Waals surface area contributed by atoms with E-state index >= 15 is 0 Å². The average Bonchev–Trinajstić information content (AvgIpc) is 3.39.